The van der Waals surface area contributed by atoms with Gasteiger partial charge in [-0.05, 0) is 41.3 Å². The number of hydrogen-bond acceptors (Lipinski definition) is 3. The summed E-state index contributed by atoms with van der Waals surface area (Å²) in [7, 11) is 1.71. The van der Waals surface area contributed by atoms with E-state index in [2.05, 4.69) is 6.92 Å². The molecule has 0 unspecified atom stereocenters. The Morgan fingerprint density at radius 3 is 2.16 bits per heavy atom. The van der Waals surface area contributed by atoms with Crippen LogP contribution in [0.3, 0.4) is 0 Å². The van der Waals surface area contributed by atoms with E-state index in [0.29, 0.717) is 35.8 Å². The number of rotatable bonds is 11. The molecule has 37 heavy (non-hydrogen) atoms. The molecule has 0 radical (unpaired) electrons. The van der Waals surface area contributed by atoms with Gasteiger partial charge in [0, 0.05) is 17.0 Å². The third kappa shape index (κ3) is 6.76. The Kier molecular flexibility index (Phi) is 9.70. The Labute approximate surface area is 218 Å². The Hall–Kier alpha value is -2.77. The van der Waals surface area contributed by atoms with Crippen LogP contribution < -0.4 is 4.74 Å². The third-order valence-corrected chi connectivity index (χ3v) is 6.81. The lowest BCUT2D eigenvalue weighted by Crippen LogP contribution is -2.27. The van der Waals surface area contributed by atoms with Gasteiger partial charge in [0.25, 0.3) is 0 Å². The number of ether oxygens (including phenoxy) is 3. The molecule has 3 aromatic carbocycles. The fraction of sp³-hybridized carbons (Fsp3) is 0.400. The zero-order chi connectivity index (χ0) is 26.2. The predicted octanol–water partition coefficient (Wildman–Crippen LogP) is 7.43. The molecule has 0 bridgehead atoms. The summed E-state index contributed by atoms with van der Waals surface area (Å²) in [5.74, 6) is -2.12. The summed E-state index contributed by atoms with van der Waals surface area (Å²) in [6.45, 7) is 3.60. The van der Waals surface area contributed by atoms with Crippen LogP contribution in [0.1, 0.15) is 57.3 Å². The molecule has 1 aliphatic heterocycles. The Bertz CT molecular complexity index is 1160. The molecule has 0 amide bonds. The zero-order valence-corrected chi connectivity index (χ0v) is 21.6. The molecule has 0 saturated carbocycles. The zero-order valence-electron chi connectivity index (χ0n) is 21.6. The van der Waals surface area contributed by atoms with Gasteiger partial charge >= 0.3 is 0 Å². The van der Waals surface area contributed by atoms with Crippen molar-refractivity contribution < 1.29 is 27.4 Å². The van der Waals surface area contributed by atoms with Crippen molar-refractivity contribution in [2.75, 3.05) is 19.7 Å². The summed E-state index contributed by atoms with van der Waals surface area (Å²) < 4.78 is 60.7. The van der Waals surface area contributed by atoms with Crippen molar-refractivity contribution in [2.24, 2.45) is 5.92 Å². The minimum absolute atomic E-state index is 0.111. The second-order valence-corrected chi connectivity index (χ2v) is 9.55. The van der Waals surface area contributed by atoms with Gasteiger partial charge in [0.1, 0.15) is 5.82 Å². The van der Waals surface area contributed by atoms with Crippen LogP contribution in [0.5, 0.6) is 5.75 Å². The van der Waals surface area contributed by atoms with Gasteiger partial charge in [-0.1, -0.05) is 75.4 Å². The fourth-order valence-corrected chi connectivity index (χ4v) is 4.69. The molecule has 1 aliphatic rings. The molecule has 196 valence electrons. The first-order valence-electron chi connectivity index (χ1n) is 13.3. The van der Waals surface area contributed by atoms with Crippen molar-refractivity contribution in [3.63, 3.8) is 0 Å². The molecular weight excluding hydrogens is 476 g/mol. The normalized spacial score (nSPS) is 17.6. The van der Waals surface area contributed by atoms with E-state index in [1.807, 2.05) is 6.07 Å². The summed E-state index contributed by atoms with van der Waals surface area (Å²) in [4.78, 5) is 0. The quantitative estimate of drug-likeness (QED) is 0.198. The molecule has 4 rings (SSSR count). The summed E-state index contributed by atoms with van der Waals surface area (Å²) in [5, 5.41) is 0. The molecule has 3 nitrogen and oxygen atoms in total. The van der Waals surface area contributed by atoms with Gasteiger partial charge in [-0.2, -0.15) is 4.39 Å². The third-order valence-electron chi connectivity index (χ3n) is 6.81. The lowest BCUT2D eigenvalue weighted by Gasteiger charge is -2.30. The molecule has 1 fully saturated rings. The van der Waals surface area contributed by atoms with E-state index in [9.17, 15) is 8.78 Å². The average Bonchev–Trinajstić information content (AvgIpc) is 2.92. The van der Waals surface area contributed by atoms with Crippen LogP contribution in [-0.2, 0) is 9.47 Å². The highest BCUT2D eigenvalue weighted by atomic mass is 19.2. The summed E-state index contributed by atoms with van der Waals surface area (Å²) in [6.07, 6.45) is 6.55. The lowest BCUT2D eigenvalue weighted by molar-refractivity contribution is -0.207. The van der Waals surface area contributed by atoms with Crippen LogP contribution in [0.2, 0.25) is 0 Å². The lowest BCUT2D eigenvalue weighted by atomic mass is 9.98. The first-order valence-corrected chi connectivity index (χ1v) is 13.3. The summed E-state index contributed by atoms with van der Waals surface area (Å²) in [6, 6.07) is 14.8. The van der Waals surface area contributed by atoms with E-state index in [4.69, 9.17) is 14.2 Å². The molecule has 0 aromatic heterocycles. The van der Waals surface area contributed by atoms with E-state index < -0.39 is 23.7 Å². The summed E-state index contributed by atoms with van der Waals surface area (Å²) in [5.41, 5.74) is 2.47. The van der Waals surface area contributed by atoms with Crippen molar-refractivity contribution in [3.05, 3.63) is 77.6 Å². The van der Waals surface area contributed by atoms with Crippen molar-refractivity contribution in [1.29, 1.82) is 0 Å². The SMILES string of the molecule is BCOc1ccc(-c2ccc(-c3ccc(C4OCC(CCCCCCC)CO4)c(F)c3)cc2)c(F)c1F. The monoisotopic (exact) mass is 510 g/mol. The maximum Gasteiger partial charge on any atom is 0.201 e. The minimum Gasteiger partial charge on any atom is -0.500 e. The highest BCUT2D eigenvalue weighted by Crippen LogP contribution is 2.34. The van der Waals surface area contributed by atoms with Gasteiger partial charge < -0.3 is 14.2 Å². The first kappa shape index (κ1) is 27.3. The standard InChI is InChI=1S/C30H34BF3O3/c1-2-3-4-5-6-7-20-17-35-30(36-18-20)25-13-12-23(16-26(25)32)21-8-10-22(11-9-21)24-14-15-27(37-19-31)29(34)28(24)33/h8-16,20,30H,2-7,17-19,31H2,1H3. The first-order chi connectivity index (χ1) is 18.0. The maximum absolute atomic E-state index is 15.0. The average molecular weight is 510 g/mol. The van der Waals surface area contributed by atoms with Crippen LogP contribution in [0, 0.1) is 23.4 Å². The predicted molar refractivity (Wildman–Crippen MR) is 143 cm³/mol. The minimum atomic E-state index is -1.01. The van der Waals surface area contributed by atoms with E-state index >= 15 is 4.39 Å². The van der Waals surface area contributed by atoms with Gasteiger partial charge in [0.2, 0.25) is 5.82 Å². The largest absolute Gasteiger partial charge is 0.500 e. The van der Waals surface area contributed by atoms with Gasteiger partial charge in [-0.15, -0.1) is 0 Å². The summed E-state index contributed by atoms with van der Waals surface area (Å²) >= 11 is 0. The van der Waals surface area contributed by atoms with Crippen molar-refractivity contribution in [3.8, 4) is 28.0 Å². The van der Waals surface area contributed by atoms with Crippen LogP contribution >= 0.6 is 0 Å². The smallest absolute Gasteiger partial charge is 0.201 e. The Morgan fingerprint density at radius 1 is 0.811 bits per heavy atom. The van der Waals surface area contributed by atoms with E-state index in [0.717, 1.165) is 12.0 Å². The number of benzene rings is 3. The fourth-order valence-electron chi connectivity index (χ4n) is 4.69. The molecule has 7 heteroatoms. The second kappa shape index (κ2) is 13.2. The number of halogens is 3. The van der Waals surface area contributed by atoms with Gasteiger partial charge in [-0.25, -0.2) is 8.78 Å². The molecule has 0 aliphatic carbocycles. The molecule has 0 N–H and O–H groups in total. The Morgan fingerprint density at radius 2 is 1.49 bits per heavy atom. The maximum atomic E-state index is 15.0. The second-order valence-electron chi connectivity index (χ2n) is 9.55. The molecule has 3 aromatic rings. The van der Waals surface area contributed by atoms with Crippen molar-refractivity contribution in [2.45, 2.75) is 51.7 Å². The van der Waals surface area contributed by atoms with Crippen molar-refractivity contribution in [1.82, 2.24) is 0 Å². The highest BCUT2D eigenvalue weighted by molar-refractivity contribution is 6.08. The van der Waals surface area contributed by atoms with Crippen LogP contribution in [0.15, 0.2) is 54.6 Å². The van der Waals surface area contributed by atoms with Crippen molar-refractivity contribution >= 4 is 7.85 Å². The Balaban J connectivity index is 1.38. The molecule has 0 atom stereocenters. The van der Waals surface area contributed by atoms with Crippen LogP contribution in [-0.4, -0.2) is 27.6 Å². The number of unbranched alkanes of at least 4 members (excludes halogenated alkanes) is 4. The molecule has 1 saturated heterocycles. The van der Waals surface area contributed by atoms with Crippen LogP contribution in [0.25, 0.3) is 22.3 Å². The van der Waals surface area contributed by atoms with Crippen LogP contribution in [0.4, 0.5) is 13.2 Å². The highest BCUT2D eigenvalue weighted by Gasteiger charge is 2.25. The van der Waals surface area contributed by atoms with Gasteiger partial charge in [0.15, 0.2) is 25.7 Å². The van der Waals surface area contributed by atoms with E-state index in [1.165, 1.54) is 50.3 Å². The molecule has 1 heterocycles. The van der Waals surface area contributed by atoms with Gasteiger partial charge in [-0.3, -0.25) is 0 Å². The van der Waals surface area contributed by atoms with E-state index in [-0.39, 0.29) is 17.8 Å². The number of hydrogen-bond donors (Lipinski definition) is 0. The molecule has 0 spiro atoms. The van der Waals surface area contributed by atoms with E-state index in [1.54, 1.807) is 38.2 Å². The molecular formula is C30H34BF3O3. The topological polar surface area (TPSA) is 27.7 Å². The van der Waals surface area contributed by atoms with Gasteiger partial charge in [0.05, 0.1) is 19.7 Å².